The van der Waals surface area contributed by atoms with E-state index in [0.717, 1.165) is 22.2 Å². The summed E-state index contributed by atoms with van der Waals surface area (Å²) in [6.45, 7) is -0.0412. The molecule has 0 N–H and O–H groups in total. The van der Waals surface area contributed by atoms with E-state index in [9.17, 15) is 18.4 Å². The van der Waals surface area contributed by atoms with Crippen LogP contribution in [0.2, 0.25) is 5.02 Å². The molecular formula is C25H18ClF2NO4S. The molecule has 3 aromatic rings. The Labute approximate surface area is 203 Å². The lowest BCUT2D eigenvalue weighted by atomic mass is 10.1. The van der Waals surface area contributed by atoms with Crippen molar-refractivity contribution in [2.45, 2.75) is 13.2 Å². The molecule has 5 nitrogen and oxygen atoms in total. The van der Waals surface area contributed by atoms with Gasteiger partial charge in [0.1, 0.15) is 18.2 Å². The first-order valence-electron chi connectivity index (χ1n) is 10.1. The van der Waals surface area contributed by atoms with E-state index in [1.54, 1.807) is 36.4 Å². The van der Waals surface area contributed by atoms with Crippen LogP contribution in [-0.2, 0) is 17.9 Å². The summed E-state index contributed by atoms with van der Waals surface area (Å²) in [6.07, 6.45) is 1.56. The Kier molecular flexibility index (Phi) is 7.19. The van der Waals surface area contributed by atoms with Gasteiger partial charge in [0.15, 0.2) is 11.5 Å². The molecule has 1 heterocycles. The third kappa shape index (κ3) is 5.24. The lowest BCUT2D eigenvalue weighted by molar-refractivity contribution is -0.123. The van der Waals surface area contributed by atoms with Crippen LogP contribution in [0.5, 0.6) is 11.5 Å². The van der Waals surface area contributed by atoms with E-state index in [0.29, 0.717) is 17.1 Å². The molecule has 1 saturated heterocycles. The Balaban J connectivity index is 1.50. The molecule has 0 spiro atoms. The summed E-state index contributed by atoms with van der Waals surface area (Å²) >= 11 is 6.80. The second-order valence-corrected chi connectivity index (χ2v) is 8.69. The SMILES string of the molecule is COc1cc(C=C2SC(=O)N(Cc3c(F)cccc3Cl)C2=O)ccc1OCc1ccc(F)cc1. The molecule has 0 radical (unpaired) electrons. The number of benzene rings is 3. The van der Waals surface area contributed by atoms with Crippen molar-refractivity contribution < 1.29 is 27.8 Å². The molecule has 0 bridgehead atoms. The molecule has 3 aromatic carbocycles. The van der Waals surface area contributed by atoms with Gasteiger partial charge in [-0.2, -0.15) is 0 Å². The summed E-state index contributed by atoms with van der Waals surface area (Å²) in [5, 5.41) is -0.370. The minimum Gasteiger partial charge on any atom is -0.493 e. The first-order valence-corrected chi connectivity index (χ1v) is 11.3. The zero-order chi connectivity index (χ0) is 24.2. The molecule has 0 saturated carbocycles. The van der Waals surface area contributed by atoms with Crippen molar-refractivity contribution in [2.24, 2.45) is 0 Å². The normalized spacial score (nSPS) is 14.7. The first-order chi connectivity index (χ1) is 16.4. The molecule has 0 aliphatic carbocycles. The Morgan fingerprint density at radius 2 is 1.79 bits per heavy atom. The number of thioether (sulfide) groups is 1. The number of hydrogen-bond acceptors (Lipinski definition) is 5. The first kappa shape index (κ1) is 23.8. The van der Waals surface area contributed by atoms with Crippen molar-refractivity contribution in [3.05, 3.63) is 98.9 Å². The number of imide groups is 1. The average molecular weight is 502 g/mol. The van der Waals surface area contributed by atoms with E-state index in [1.807, 2.05) is 0 Å². The topological polar surface area (TPSA) is 55.8 Å². The van der Waals surface area contributed by atoms with Crippen molar-refractivity contribution >= 4 is 40.6 Å². The standard InChI is InChI=1S/C25H18ClF2NO4S/c1-32-22-11-16(7-10-21(22)33-14-15-5-8-17(27)9-6-15)12-23-24(30)29(25(31)34-23)13-18-19(26)3-2-4-20(18)28/h2-12H,13-14H2,1H3. The quantitative estimate of drug-likeness (QED) is 0.349. The highest BCUT2D eigenvalue weighted by Gasteiger charge is 2.36. The van der Waals surface area contributed by atoms with Crippen LogP contribution in [0.3, 0.4) is 0 Å². The Hall–Kier alpha value is -3.36. The van der Waals surface area contributed by atoms with Gasteiger partial charge in [0.25, 0.3) is 11.1 Å². The molecular weight excluding hydrogens is 484 g/mol. The number of amides is 2. The van der Waals surface area contributed by atoms with Gasteiger partial charge in [-0.3, -0.25) is 14.5 Å². The Bertz CT molecular complexity index is 1260. The fraction of sp³-hybridized carbons (Fsp3) is 0.120. The lowest BCUT2D eigenvalue weighted by Gasteiger charge is -2.14. The van der Waals surface area contributed by atoms with Gasteiger partial charge in [0.2, 0.25) is 0 Å². The van der Waals surface area contributed by atoms with E-state index in [4.69, 9.17) is 21.1 Å². The van der Waals surface area contributed by atoms with Crippen LogP contribution in [0, 0.1) is 11.6 Å². The number of rotatable bonds is 7. The van der Waals surface area contributed by atoms with Gasteiger partial charge in [-0.1, -0.05) is 35.9 Å². The van der Waals surface area contributed by atoms with E-state index in [2.05, 4.69) is 0 Å². The van der Waals surface area contributed by atoms with Crippen molar-refractivity contribution in [3.8, 4) is 11.5 Å². The van der Waals surface area contributed by atoms with Gasteiger partial charge in [0.05, 0.1) is 18.6 Å². The van der Waals surface area contributed by atoms with Crippen molar-refractivity contribution in [1.82, 2.24) is 4.90 Å². The fourth-order valence-corrected chi connectivity index (χ4v) is 4.33. The molecule has 9 heteroatoms. The average Bonchev–Trinajstić information content (AvgIpc) is 3.08. The van der Waals surface area contributed by atoms with E-state index >= 15 is 0 Å². The minimum absolute atomic E-state index is 0.0806. The maximum absolute atomic E-state index is 14.1. The molecule has 0 aromatic heterocycles. The van der Waals surface area contributed by atoms with E-state index < -0.39 is 17.0 Å². The van der Waals surface area contributed by atoms with Gasteiger partial charge in [-0.25, -0.2) is 8.78 Å². The van der Waals surface area contributed by atoms with Gasteiger partial charge < -0.3 is 9.47 Å². The van der Waals surface area contributed by atoms with Crippen molar-refractivity contribution in [1.29, 1.82) is 0 Å². The second kappa shape index (κ2) is 10.3. The van der Waals surface area contributed by atoms with Crippen LogP contribution in [-0.4, -0.2) is 23.2 Å². The molecule has 34 heavy (non-hydrogen) atoms. The molecule has 1 aliphatic rings. The second-order valence-electron chi connectivity index (χ2n) is 7.29. The number of halogens is 3. The molecule has 1 fully saturated rings. The predicted molar refractivity (Wildman–Crippen MR) is 127 cm³/mol. The molecule has 174 valence electrons. The Morgan fingerprint density at radius 1 is 1.03 bits per heavy atom. The molecule has 1 aliphatic heterocycles. The largest absolute Gasteiger partial charge is 0.493 e. The van der Waals surface area contributed by atoms with Crippen molar-refractivity contribution in [3.63, 3.8) is 0 Å². The van der Waals surface area contributed by atoms with Gasteiger partial charge >= 0.3 is 0 Å². The lowest BCUT2D eigenvalue weighted by Crippen LogP contribution is -2.28. The Morgan fingerprint density at radius 3 is 2.50 bits per heavy atom. The summed E-state index contributed by atoms with van der Waals surface area (Å²) in [5.41, 5.74) is 1.48. The fourth-order valence-electron chi connectivity index (χ4n) is 3.26. The van der Waals surface area contributed by atoms with Crippen LogP contribution in [0.25, 0.3) is 6.08 Å². The molecule has 2 amide bonds. The minimum atomic E-state index is -0.587. The summed E-state index contributed by atoms with van der Waals surface area (Å²) in [5.74, 6) is -0.562. The maximum atomic E-state index is 14.1. The van der Waals surface area contributed by atoms with E-state index in [-0.39, 0.29) is 34.5 Å². The number of methoxy groups -OCH3 is 1. The predicted octanol–water partition coefficient (Wildman–Crippen LogP) is 6.44. The highest BCUT2D eigenvalue weighted by Crippen LogP contribution is 2.36. The third-order valence-electron chi connectivity index (χ3n) is 5.04. The highest BCUT2D eigenvalue weighted by molar-refractivity contribution is 8.18. The maximum Gasteiger partial charge on any atom is 0.293 e. The highest BCUT2D eigenvalue weighted by atomic mass is 35.5. The summed E-state index contributed by atoms with van der Waals surface area (Å²) in [6, 6.07) is 15.2. The van der Waals surface area contributed by atoms with Crippen LogP contribution in [0.4, 0.5) is 13.6 Å². The van der Waals surface area contributed by atoms with Gasteiger partial charge in [-0.15, -0.1) is 0 Å². The monoisotopic (exact) mass is 501 g/mol. The molecule has 0 atom stereocenters. The summed E-state index contributed by atoms with van der Waals surface area (Å²) < 4.78 is 38.3. The van der Waals surface area contributed by atoms with Crippen LogP contribution in [0.15, 0.2) is 65.6 Å². The number of carbonyl (C=O) groups is 2. The van der Waals surface area contributed by atoms with E-state index in [1.165, 1.54) is 37.4 Å². The molecule has 0 unspecified atom stereocenters. The molecule has 4 rings (SSSR count). The zero-order valence-electron chi connectivity index (χ0n) is 17.9. The van der Waals surface area contributed by atoms with Crippen LogP contribution < -0.4 is 9.47 Å². The van der Waals surface area contributed by atoms with Crippen LogP contribution in [0.1, 0.15) is 16.7 Å². The van der Waals surface area contributed by atoms with Gasteiger partial charge in [-0.05, 0) is 65.4 Å². The number of nitrogens with zero attached hydrogens (tertiary/aromatic N) is 1. The smallest absolute Gasteiger partial charge is 0.293 e. The van der Waals surface area contributed by atoms with Gasteiger partial charge in [0, 0.05) is 10.6 Å². The number of ether oxygens (including phenoxy) is 2. The third-order valence-corrected chi connectivity index (χ3v) is 6.31. The number of hydrogen-bond donors (Lipinski definition) is 0. The summed E-state index contributed by atoms with van der Waals surface area (Å²) in [4.78, 5) is 26.4. The van der Waals surface area contributed by atoms with Crippen LogP contribution >= 0.6 is 23.4 Å². The summed E-state index contributed by atoms with van der Waals surface area (Å²) in [7, 11) is 1.48. The zero-order valence-corrected chi connectivity index (χ0v) is 19.5. The number of carbonyl (C=O) groups excluding carboxylic acids is 2. The van der Waals surface area contributed by atoms with Crippen molar-refractivity contribution in [2.75, 3.05) is 7.11 Å².